The van der Waals surface area contributed by atoms with Crippen molar-refractivity contribution in [2.75, 3.05) is 0 Å². The van der Waals surface area contributed by atoms with Crippen molar-refractivity contribution >= 4 is 17.1 Å². The van der Waals surface area contributed by atoms with Crippen LogP contribution in [0.1, 0.15) is 30.6 Å². The fraction of sp³-hybridized carbons (Fsp3) is 0.600. The van der Waals surface area contributed by atoms with E-state index in [9.17, 15) is 4.79 Å². The largest absolute Gasteiger partial charge is 0.319 e. The summed E-state index contributed by atoms with van der Waals surface area (Å²) in [4.78, 5) is 16.9. The molecule has 1 aromatic rings. The van der Waals surface area contributed by atoms with Crippen LogP contribution >= 0.6 is 11.3 Å². The SMILES string of the molecule is NC1(C(=O)Cc2cncs2)CCCC1. The molecule has 1 heterocycles. The van der Waals surface area contributed by atoms with Crippen LogP contribution in [0.2, 0.25) is 0 Å². The summed E-state index contributed by atoms with van der Waals surface area (Å²) in [6.07, 6.45) is 6.09. The highest BCUT2D eigenvalue weighted by molar-refractivity contribution is 7.09. The predicted octanol–water partition coefficient (Wildman–Crippen LogP) is 1.53. The van der Waals surface area contributed by atoms with Crippen molar-refractivity contribution in [1.82, 2.24) is 4.98 Å². The molecule has 0 amide bonds. The van der Waals surface area contributed by atoms with Gasteiger partial charge in [0.25, 0.3) is 0 Å². The van der Waals surface area contributed by atoms with Crippen LogP contribution in [0.4, 0.5) is 0 Å². The van der Waals surface area contributed by atoms with Crippen LogP contribution in [0.25, 0.3) is 0 Å². The van der Waals surface area contributed by atoms with Crippen molar-refractivity contribution in [2.45, 2.75) is 37.6 Å². The van der Waals surface area contributed by atoms with Crippen LogP contribution in [0.5, 0.6) is 0 Å². The summed E-state index contributed by atoms with van der Waals surface area (Å²) in [5, 5.41) is 0. The molecule has 0 aromatic carbocycles. The van der Waals surface area contributed by atoms with Gasteiger partial charge in [-0.1, -0.05) is 12.8 Å². The molecule has 14 heavy (non-hydrogen) atoms. The van der Waals surface area contributed by atoms with Crippen molar-refractivity contribution in [2.24, 2.45) is 5.73 Å². The van der Waals surface area contributed by atoms with Crippen molar-refractivity contribution in [1.29, 1.82) is 0 Å². The summed E-state index contributed by atoms with van der Waals surface area (Å²) in [5.41, 5.74) is 7.27. The van der Waals surface area contributed by atoms with E-state index < -0.39 is 5.54 Å². The Hall–Kier alpha value is -0.740. The third kappa shape index (κ3) is 1.86. The smallest absolute Gasteiger partial charge is 0.157 e. The third-order valence-electron chi connectivity index (χ3n) is 2.87. The van der Waals surface area contributed by atoms with E-state index >= 15 is 0 Å². The van der Waals surface area contributed by atoms with Gasteiger partial charge in [0.2, 0.25) is 0 Å². The molecule has 1 aliphatic carbocycles. The van der Waals surface area contributed by atoms with E-state index in [1.807, 2.05) is 0 Å². The van der Waals surface area contributed by atoms with E-state index in [4.69, 9.17) is 5.73 Å². The van der Waals surface area contributed by atoms with E-state index in [1.165, 1.54) is 11.3 Å². The monoisotopic (exact) mass is 210 g/mol. The van der Waals surface area contributed by atoms with Gasteiger partial charge < -0.3 is 5.73 Å². The van der Waals surface area contributed by atoms with Crippen LogP contribution in [0, 0.1) is 0 Å². The lowest BCUT2D eigenvalue weighted by molar-refractivity contribution is -0.123. The van der Waals surface area contributed by atoms with Gasteiger partial charge in [0.15, 0.2) is 5.78 Å². The van der Waals surface area contributed by atoms with Gasteiger partial charge in [-0.25, -0.2) is 0 Å². The second-order valence-electron chi connectivity index (χ2n) is 3.93. The molecule has 1 aromatic heterocycles. The summed E-state index contributed by atoms with van der Waals surface area (Å²) in [5.74, 6) is 0.180. The minimum Gasteiger partial charge on any atom is -0.319 e. The van der Waals surface area contributed by atoms with Crippen molar-refractivity contribution < 1.29 is 4.79 Å². The minimum absolute atomic E-state index is 0.180. The second-order valence-corrected chi connectivity index (χ2v) is 4.90. The zero-order valence-electron chi connectivity index (χ0n) is 8.03. The van der Waals surface area contributed by atoms with Crippen molar-refractivity contribution in [3.05, 3.63) is 16.6 Å². The van der Waals surface area contributed by atoms with Gasteiger partial charge in [-0.05, 0) is 12.8 Å². The molecule has 0 unspecified atom stereocenters. The van der Waals surface area contributed by atoms with E-state index in [2.05, 4.69) is 4.98 Å². The maximum absolute atomic E-state index is 11.9. The number of aromatic nitrogens is 1. The number of hydrogen-bond acceptors (Lipinski definition) is 4. The van der Waals surface area contributed by atoms with Crippen LogP contribution in [-0.2, 0) is 11.2 Å². The fourth-order valence-electron chi connectivity index (χ4n) is 1.95. The fourth-order valence-corrected chi connectivity index (χ4v) is 2.54. The first kappa shape index (κ1) is 9.80. The molecular weight excluding hydrogens is 196 g/mol. The normalized spacial score (nSPS) is 19.8. The summed E-state index contributed by atoms with van der Waals surface area (Å²) in [6.45, 7) is 0. The number of carbonyl (C=O) groups excluding carboxylic acids is 1. The Balaban J connectivity index is 2.02. The lowest BCUT2D eigenvalue weighted by atomic mass is 9.91. The summed E-state index contributed by atoms with van der Waals surface area (Å²) in [7, 11) is 0. The zero-order valence-corrected chi connectivity index (χ0v) is 8.85. The molecule has 1 aliphatic rings. The minimum atomic E-state index is -0.538. The Morgan fingerprint density at radius 2 is 2.29 bits per heavy atom. The molecule has 3 nitrogen and oxygen atoms in total. The summed E-state index contributed by atoms with van der Waals surface area (Å²) < 4.78 is 0. The van der Waals surface area contributed by atoms with Crippen LogP contribution < -0.4 is 5.73 Å². The molecule has 1 fully saturated rings. The zero-order chi connectivity index (χ0) is 10.0. The Morgan fingerprint density at radius 1 is 1.57 bits per heavy atom. The number of Topliss-reactive ketones (excluding diaryl/α,β-unsaturated/α-hetero) is 1. The molecule has 0 radical (unpaired) electrons. The number of carbonyl (C=O) groups is 1. The Bertz CT molecular complexity index is 315. The van der Waals surface area contributed by atoms with Crippen LogP contribution in [0.3, 0.4) is 0 Å². The maximum Gasteiger partial charge on any atom is 0.157 e. The Morgan fingerprint density at radius 3 is 2.86 bits per heavy atom. The molecule has 4 heteroatoms. The van der Waals surface area contributed by atoms with Gasteiger partial charge in [0, 0.05) is 17.5 Å². The molecule has 0 saturated heterocycles. The first-order chi connectivity index (χ1) is 6.71. The lowest BCUT2D eigenvalue weighted by Crippen LogP contribution is -2.45. The number of thiazole rings is 1. The molecular formula is C10H14N2OS. The number of nitrogens with two attached hydrogens (primary N) is 1. The first-order valence-electron chi connectivity index (χ1n) is 4.90. The van der Waals surface area contributed by atoms with Gasteiger partial charge in [-0.3, -0.25) is 9.78 Å². The predicted molar refractivity (Wildman–Crippen MR) is 56.2 cm³/mol. The third-order valence-corrected chi connectivity index (χ3v) is 3.65. The van der Waals surface area contributed by atoms with E-state index in [1.54, 1.807) is 11.7 Å². The van der Waals surface area contributed by atoms with Crippen LogP contribution in [0.15, 0.2) is 11.7 Å². The molecule has 0 spiro atoms. The Labute approximate surface area is 87.3 Å². The van der Waals surface area contributed by atoms with Gasteiger partial charge in [0.1, 0.15) is 0 Å². The van der Waals surface area contributed by atoms with E-state index in [0.717, 1.165) is 30.6 Å². The average molecular weight is 210 g/mol. The summed E-state index contributed by atoms with van der Waals surface area (Å²) >= 11 is 1.52. The molecule has 76 valence electrons. The number of nitrogens with zero attached hydrogens (tertiary/aromatic N) is 1. The number of rotatable bonds is 3. The topological polar surface area (TPSA) is 56.0 Å². The highest BCUT2D eigenvalue weighted by Gasteiger charge is 2.36. The van der Waals surface area contributed by atoms with Crippen molar-refractivity contribution in [3.63, 3.8) is 0 Å². The Kier molecular flexibility index (Phi) is 2.65. The van der Waals surface area contributed by atoms with Gasteiger partial charge in [-0.2, -0.15) is 0 Å². The average Bonchev–Trinajstić information content (AvgIpc) is 2.76. The van der Waals surface area contributed by atoms with Gasteiger partial charge in [-0.15, -0.1) is 11.3 Å². The molecule has 2 rings (SSSR count). The van der Waals surface area contributed by atoms with Crippen LogP contribution in [-0.4, -0.2) is 16.3 Å². The first-order valence-corrected chi connectivity index (χ1v) is 5.78. The molecule has 0 atom stereocenters. The summed E-state index contributed by atoms with van der Waals surface area (Å²) in [6, 6.07) is 0. The standard InChI is InChI=1S/C10H14N2OS/c11-10(3-1-2-4-10)9(13)5-8-6-12-7-14-8/h6-7H,1-5,11H2. The lowest BCUT2D eigenvalue weighted by Gasteiger charge is -2.20. The second kappa shape index (κ2) is 3.79. The van der Waals surface area contributed by atoms with E-state index in [0.29, 0.717) is 6.42 Å². The van der Waals surface area contributed by atoms with Gasteiger partial charge >= 0.3 is 0 Å². The molecule has 1 saturated carbocycles. The highest BCUT2D eigenvalue weighted by atomic mass is 32.1. The highest BCUT2D eigenvalue weighted by Crippen LogP contribution is 2.29. The van der Waals surface area contributed by atoms with E-state index in [-0.39, 0.29) is 5.78 Å². The van der Waals surface area contributed by atoms with Crippen molar-refractivity contribution in [3.8, 4) is 0 Å². The quantitative estimate of drug-likeness (QED) is 0.823. The number of ketones is 1. The maximum atomic E-state index is 11.9. The van der Waals surface area contributed by atoms with Gasteiger partial charge in [0.05, 0.1) is 11.0 Å². The molecule has 0 aliphatic heterocycles. The molecule has 0 bridgehead atoms. The molecule has 2 N–H and O–H groups in total. The number of hydrogen-bond donors (Lipinski definition) is 1.